The van der Waals surface area contributed by atoms with Crippen LogP contribution >= 0.6 is 15.9 Å². The van der Waals surface area contributed by atoms with Crippen LogP contribution in [0.3, 0.4) is 0 Å². The van der Waals surface area contributed by atoms with E-state index >= 15 is 0 Å². The number of hydrogen-bond acceptors (Lipinski definition) is 2. The fraction of sp³-hybridized carbons (Fsp3) is 0.250. The van der Waals surface area contributed by atoms with Crippen molar-refractivity contribution in [3.05, 3.63) is 57.8 Å². The minimum atomic E-state index is -0.330. The minimum absolute atomic E-state index is 0.330. The third-order valence-corrected chi connectivity index (χ3v) is 3.58. The van der Waals surface area contributed by atoms with Crippen molar-refractivity contribution in [1.29, 1.82) is 0 Å². The summed E-state index contributed by atoms with van der Waals surface area (Å²) >= 11 is 3.13. The maximum absolute atomic E-state index is 13.5. The molecule has 0 aliphatic carbocycles. The average molecular weight is 338 g/mol. The first-order valence-corrected chi connectivity index (χ1v) is 7.32. The van der Waals surface area contributed by atoms with Gasteiger partial charge in [-0.05, 0) is 58.7 Å². The fourth-order valence-corrected chi connectivity index (χ4v) is 2.12. The Labute approximate surface area is 127 Å². The number of hydrogen-bond donors (Lipinski definition) is 1. The van der Waals surface area contributed by atoms with Crippen molar-refractivity contribution >= 4 is 15.9 Å². The highest BCUT2D eigenvalue weighted by Gasteiger charge is 2.05. The number of nitrogens with one attached hydrogen (secondary N) is 1. The van der Waals surface area contributed by atoms with E-state index in [2.05, 4.69) is 34.2 Å². The molecule has 2 rings (SSSR count). The molecule has 0 saturated heterocycles. The normalized spacial score (nSPS) is 10.6. The lowest BCUT2D eigenvalue weighted by Crippen LogP contribution is -2.11. The van der Waals surface area contributed by atoms with Crippen molar-refractivity contribution in [2.45, 2.75) is 20.4 Å². The summed E-state index contributed by atoms with van der Waals surface area (Å²) in [7, 11) is 0. The van der Waals surface area contributed by atoms with Gasteiger partial charge in [0, 0.05) is 12.6 Å². The number of rotatable bonds is 5. The second-order valence-electron chi connectivity index (χ2n) is 4.56. The van der Waals surface area contributed by atoms with Gasteiger partial charge in [-0.2, -0.15) is 0 Å². The van der Waals surface area contributed by atoms with E-state index < -0.39 is 0 Å². The van der Waals surface area contributed by atoms with Crippen LogP contribution in [0.15, 0.2) is 40.9 Å². The molecule has 0 aromatic heterocycles. The lowest BCUT2D eigenvalue weighted by Gasteiger charge is -2.11. The molecule has 1 N–H and O–H groups in total. The van der Waals surface area contributed by atoms with Gasteiger partial charge in [0.2, 0.25) is 0 Å². The summed E-state index contributed by atoms with van der Waals surface area (Å²) in [6, 6.07) is 10.8. The van der Waals surface area contributed by atoms with Gasteiger partial charge in [-0.15, -0.1) is 0 Å². The highest BCUT2D eigenvalue weighted by Crippen LogP contribution is 2.28. The summed E-state index contributed by atoms with van der Waals surface area (Å²) in [5.74, 6) is 0.907. The molecule has 0 heterocycles. The van der Waals surface area contributed by atoms with Gasteiger partial charge >= 0.3 is 0 Å². The number of aryl methyl sites for hydroxylation is 1. The molecule has 0 unspecified atom stereocenters. The molecule has 0 aliphatic heterocycles. The maximum Gasteiger partial charge on any atom is 0.141 e. The molecule has 2 aromatic carbocycles. The third kappa shape index (κ3) is 3.81. The predicted octanol–water partition coefficient (Wildman–Crippen LogP) is 4.80. The van der Waals surface area contributed by atoms with Crippen LogP contribution in [0, 0.1) is 12.7 Å². The first-order chi connectivity index (χ1) is 9.60. The average Bonchev–Trinajstić information content (AvgIpc) is 2.43. The van der Waals surface area contributed by atoms with Crippen molar-refractivity contribution in [3.63, 3.8) is 0 Å². The molecule has 0 fully saturated rings. The van der Waals surface area contributed by atoms with E-state index in [0.29, 0.717) is 10.2 Å². The zero-order valence-corrected chi connectivity index (χ0v) is 13.1. The summed E-state index contributed by atoms with van der Waals surface area (Å²) < 4.78 is 19.6. The Hall–Kier alpha value is -1.39. The van der Waals surface area contributed by atoms with E-state index in [0.717, 1.165) is 24.4 Å². The molecule has 2 nitrogen and oxygen atoms in total. The number of benzene rings is 2. The van der Waals surface area contributed by atoms with Crippen molar-refractivity contribution in [3.8, 4) is 11.5 Å². The van der Waals surface area contributed by atoms with Crippen molar-refractivity contribution in [2.75, 3.05) is 6.54 Å². The lowest BCUT2D eigenvalue weighted by molar-refractivity contribution is 0.472. The van der Waals surface area contributed by atoms with Gasteiger partial charge in [0.05, 0.1) is 4.47 Å². The van der Waals surface area contributed by atoms with Crippen LogP contribution < -0.4 is 10.1 Å². The molecule has 0 saturated carbocycles. The van der Waals surface area contributed by atoms with Crippen molar-refractivity contribution < 1.29 is 9.13 Å². The molecule has 2 aromatic rings. The van der Waals surface area contributed by atoms with E-state index in [1.165, 1.54) is 11.6 Å². The minimum Gasteiger partial charge on any atom is -0.457 e. The molecular weight excluding hydrogens is 321 g/mol. The van der Waals surface area contributed by atoms with E-state index in [4.69, 9.17) is 4.74 Å². The van der Waals surface area contributed by atoms with E-state index in [-0.39, 0.29) is 5.82 Å². The van der Waals surface area contributed by atoms with Gasteiger partial charge in [-0.1, -0.05) is 19.1 Å². The molecule has 0 radical (unpaired) electrons. The second kappa shape index (κ2) is 6.86. The molecule has 0 amide bonds. The maximum atomic E-state index is 13.5. The lowest BCUT2D eigenvalue weighted by atomic mass is 10.1. The smallest absolute Gasteiger partial charge is 0.141 e. The Morgan fingerprint density at radius 2 is 2.00 bits per heavy atom. The summed E-state index contributed by atoms with van der Waals surface area (Å²) in [5, 5.41) is 3.28. The Morgan fingerprint density at radius 3 is 2.65 bits per heavy atom. The summed E-state index contributed by atoms with van der Waals surface area (Å²) in [6.07, 6.45) is 0. The van der Waals surface area contributed by atoms with Crippen molar-refractivity contribution in [2.24, 2.45) is 0 Å². The molecule has 0 bridgehead atoms. The van der Waals surface area contributed by atoms with E-state index in [1.54, 1.807) is 12.1 Å². The predicted molar refractivity (Wildman–Crippen MR) is 82.7 cm³/mol. The fourth-order valence-electron chi connectivity index (χ4n) is 1.87. The second-order valence-corrected chi connectivity index (χ2v) is 5.41. The van der Waals surface area contributed by atoms with Crippen LogP contribution in [0.5, 0.6) is 11.5 Å². The van der Waals surface area contributed by atoms with Gasteiger partial charge in [-0.3, -0.25) is 0 Å². The van der Waals surface area contributed by atoms with Gasteiger partial charge < -0.3 is 10.1 Å². The van der Waals surface area contributed by atoms with E-state index in [9.17, 15) is 4.39 Å². The van der Waals surface area contributed by atoms with Crippen LogP contribution in [0.4, 0.5) is 4.39 Å². The summed E-state index contributed by atoms with van der Waals surface area (Å²) in [5.41, 5.74) is 2.24. The Kier molecular flexibility index (Phi) is 5.15. The number of halogens is 2. The largest absolute Gasteiger partial charge is 0.457 e. The van der Waals surface area contributed by atoms with Gasteiger partial charge in [-0.25, -0.2) is 4.39 Å². The van der Waals surface area contributed by atoms with Crippen LogP contribution in [-0.2, 0) is 6.54 Å². The standard InChI is InChI=1S/C16H17BrFNO/c1-3-19-10-12-4-7-16(11(2)8-12)20-13-5-6-14(17)15(18)9-13/h4-9,19H,3,10H2,1-2H3. The Bertz CT molecular complexity index is 601. The topological polar surface area (TPSA) is 21.3 Å². The number of ether oxygens (including phenoxy) is 1. The molecule has 4 heteroatoms. The van der Waals surface area contributed by atoms with Gasteiger partial charge in [0.25, 0.3) is 0 Å². The Balaban J connectivity index is 2.14. The van der Waals surface area contributed by atoms with Crippen LogP contribution in [0.2, 0.25) is 0 Å². The van der Waals surface area contributed by atoms with Crippen molar-refractivity contribution in [1.82, 2.24) is 5.32 Å². The monoisotopic (exact) mass is 337 g/mol. The van der Waals surface area contributed by atoms with Crippen LogP contribution in [-0.4, -0.2) is 6.54 Å². The highest BCUT2D eigenvalue weighted by atomic mass is 79.9. The summed E-state index contributed by atoms with van der Waals surface area (Å²) in [4.78, 5) is 0. The molecule has 20 heavy (non-hydrogen) atoms. The van der Waals surface area contributed by atoms with E-state index in [1.807, 2.05) is 19.1 Å². The first kappa shape index (κ1) is 15.0. The molecular formula is C16H17BrFNO. The zero-order chi connectivity index (χ0) is 14.5. The molecule has 106 valence electrons. The zero-order valence-electron chi connectivity index (χ0n) is 11.5. The van der Waals surface area contributed by atoms with Crippen LogP contribution in [0.25, 0.3) is 0 Å². The quantitative estimate of drug-likeness (QED) is 0.846. The van der Waals surface area contributed by atoms with Gasteiger partial charge in [0.15, 0.2) is 0 Å². The first-order valence-electron chi connectivity index (χ1n) is 6.53. The molecule has 0 atom stereocenters. The third-order valence-electron chi connectivity index (χ3n) is 2.94. The van der Waals surface area contributed by atoms with Gasteiger partial charge in [0.1, 0.15) is 17.3 Å². The Morgan fingerprint density at radius 1 is 1.20 bits per heavy atom. The molecule has 0 aliphatic rings. The molecule has 0 spiro atoms. The highest BCUT2D eigenvalue weighted by molar-refractivity contribution is 9.10. The van der Waals surface area contributed by atoms with Crippen LogP contribution in [0.1, 0.15) is 18.1 Å². The SMILES string of the molecule is CCNCc1ccc(Oc2ccc(Br)c(F)c2)c(C)c1. The summed E-state index contributed by atoms with van der Waals surface area (Å²) in [6.45, 7) is 5.84.